The first-order valence-electron chi connectivity index (χ1n) is 5.66. The van der Waals surface area contributed by atoms with Crippen molar-refractivity contribution in [1.82, 2.24) is 9.88 Å². The van der Waals surface area contributed by atoms with Crippen molar-refractivity contribution in [2.75, 3.05) is 13.1 Å². The van der Waals surface area contributed by atoms with Gasteiger partial charge in [0.2, 0.25) is 0 Å². The highest BCUT2D eigenvalue weighted by Gasteiger charge is 2.24. The number of hydrogen-bond donors (Lipinski definition) is 1. The van der Waals surface area contributed by atoms with E-state index in [0.717, 1.165) is 31.6 Å². The first-order chi connectivity index (χ1) is 7.66. The van der Waals surface area contributed by atoms with Crippen molar-refractivity contribution in [3.8, 4) is 0 Å². The predicted molar refractivity (Wildman–Crippen MR) is 64.3 cm³/mol. The minimum absolute atomic E-state index is 0.152. The smallest absolute Gasteiger partial charge is 0.133 e. The third-order valence-electron chi connectivity index (χ3n) is 3.17. The number of piperidine rings is 1. The number of pyridine rings is 1. The van der Waals surface area contributed by atoms with E-state index in [1.165, 1.54) is 0 Å². The standard InChI is InChI=1S/C12H17ClN2O/c1-9-7-15(6-4-11(9)16)8-10-3-2-5-14-12(10)13/h2-3,5,9,11,16H,4,6-8H2,1H3. The van der Waals surface area contributed by atoms with Crippen molar-refractivity contribution in [2.45, 2.75) is 26.0 Å². The van der Waals surface area contributed by atoms with Crippen molar-refractivity contribution in [2.24, 2.45) is 5.92 Å². The summed E-state index contributed by atoms with van der Waals surface area (Å²) in [6, 6.07) is 3.91. The number of rotatable bonds is 2. The second-order valence-corrected chi connectivity index (χ2v) is 4.88. The third-order valence-corrected chi connectivity index (χ3v) is 3.51. The van der Waals surface area contributed by atoms with E-state index in [0.29, 0.717) is 11.1 Å². The lowest BCUT2D eigenvalue weighted by Crippen LogP contribution is -2.41. The molecule has 1 aliphatic heterocycles. The normalized spacial score (nSPS) is 26.9. The molecule has 0 saturated carbocycles. The molecule has 3 nitrogen and oxygen atoms in total. The molecule has 0 aromatic carbocycles. The van der Waals surface area contributed by atoms with Gasteiger partial charge in [0.1, 0.15) is 5.15 Å². The summed E-state index contributed by atoms with van der Waals surface area (Å²) >= 11 is 6.02. The van der Waals surface area contributed by atoms with E-state index in [2.05, 4.69) is 16.8 Å². The van der Waals surface area contributed by atoms with Crippen molar-refractivity contribution in [3.63, 3.8) is 0 Å². The Bertz CT molecular complexity index is 359. The summed E-state index contributed by atoms with van der Waals surface area (Å²) in [4.78, 5) is 6.39. The zero-order valence-electron chi connectivity index (χ0n) is 9.43. The van der Waals surface area contributed by atoms with Gasteiger partial charge in [-0.1, -0.05) is 24.6 Å². The average molecular weight is 241 g/mol. The van der Waals surface area contributed by atoms with Gasteiger partial charge in [-0.2, -0.15) is 0 Å². The van der Waals surface area contributed by atoms with Crippen LogP contribution in [-0.4, -0.2) is 34.2 Å². The van der Waals surface area contributed by atoms with E-state index in [-0.39, 0.29) is 6.10 Å². The van der Waals surface area contributed by atoms with E-state index >= 15 is 0 Å². The van der Waals surface area contributed by atoms with Crippen LogP contribution in [-0.2, 0) is 6.54 Å². The molecular formula is C12H17ClN2O. The van der Waals surface area contributed by atoms with Crippen LogP contribution in [0.3, 0.4) is 0 Å². The van der Waals surface area contributed by atoms with Crippen LogP contribution in [0.4, 0.5) is 0 Å². The monoisotopic (exact) mass is 240 g/mol. The first kappa shape index (κ1) is 11.8. The number of aliphatic hydroxyl groups is 1. The molecule has 0 aliphatic carbocycles. The SMILES string of the molecule is CC1CN(Cc2cccnc2Cl)CCC1O. The van der Waals surface area contributed by atoms with Crippen LogP contribution in [0.25, 0.3) is 0 Å². The molecular weight excluding hydrogens is 224 g/mol. The highest BCUT2D eigenvalue weighted by atomic mass is 35.5. The summed E-state index contributed by atoms with van der Waals surface area (Å²) < 4.78 is 0. The van der Waals surface area contributed by atoms with Crippen molar-refractivity contribution >= 4 is 11.6 Å². The van der Waals surface area contributed by atoms with E-state index in [9.17, 15) is 5.11 Å². The van der Waals surface area contributed by atoms with Gasteiger partial charge < -0.3 is 5.11 Å². The second-order valence-electron chi connectivity index (χ2n) is 4.52. The van der Waals surface area contributed by atoms with Crippen LogP contribution < -0.4 is 0 Å². The Morgan fingerprint density at radius 2 is 2.44 bits per heavy atom. The van der Waals surface area contributed by atoms with Gasteiger partial charge in [0, 0.05) is 31.4 Å². The Hall–Kier alpha value is -0.640. The van der Waals surface area contributed by atoms with Crippen LogP contribution in [0.2, 0.25) is 5.15 Å². The molecule has 1 saturated heterocycles. The topological polar surface area (TPSA) is 36.4 Å². The fourth-order valence-electron chi connectivity index (χ4n) is 2.14. The predicted octanol–water partition coefficient (Wildman–Crippen LogP) is 1.94. The van der Waals surface area contributed by atoms with Gasteiger partial charge in [-0.05, 0) is 18.4 Å². The molecule has 1 fully saturated rings. The Morgan fingerprint density at radius 3 is 3.12 bits per heavy atom. The molecule has 1 N–H and O–H groups in total. The van der Waals surface area contributed by atoms with Crippen LogP contribution in [0.5, 0.6) is 0 Å². The first-order valence-corrected chi connectivity index (χ1v) is 6.04. The Morgan fingerprint density at radius 1 is 1.62 bits per heavy atom. The summed E-state index contributed by atoms with van der Waals surface area (Å²) in [5, 5.41) is 10.2. The van der Waals surface area contributed by atoms with Crippen LogP contribution in [0, 0.1) is 5.92 Å². The fourth-order valence-corrected chi connectivity index (χ4v) is 2.32. The second kappa shape index (κ2) is 5.13. The highest BCUT2D eigenvalue weighted by molar-refractivity contribution is 6.30. The Kier molecular flexibility index (Phi) is 3.79. The Labute approximate surface area is 101 Å². The van der Waals surface area contributed by atoms with Crippen molar-refractivity contribution < 1.29 is 5.11 Å². The van der Waals surface area contributed by atoms with Gasteiger partial charge >= 0.3 is 0 Å². The van der Waals surface area contributed by atoms with Gasteiger partial charge in [0.25, 0.3) is 0 Å². The molecule has 0 amide bonds. The minimum atomic E-state index is -0.152. The van der Waals surface area contributed by atoms with Gasteiger partial charge in [0.05, 0.1) is 6.10 Å². The van der Waals surface area contributed by atoms with E-state index in [1.54, 1.807) is 6.20 Å². The summed E-state index contributed by atoms with van der Waals surface area (Å²) in [6.45, 7) is 4.76. The molecule has 2 rings (SSSR count). The minimum Gasteiger partial charge on any atom is -0.393 e. The zero-order valence-corrected chi connectivity index (χ0v) is 10.2. The molecule has 0 radical (unpaired) electrons. The van der Waals surface area contributed by atoms with Crippen LogP contribution in [0.15, 0.2) is 18.3 Å². The summed E-state index contributed by atoms with van der Waals surface area (Å²) in [5.41, 5.74) is 1.06. The summed E-state index contributed by atoms with van der Waals surface area (Å²) in [6.07, 6.45) is 2.40. The third kappa shape index (κ3) is 2.73. The van der Waals surface area contributed by atoms with Gasteiger partial charge in [-0.25, -0.2) is 4.98 Å². The maximum Gasteiger partial charge on any atom is 0.133 e. The van der Waals surface area contributed by atoms with Gasteiger partial charge in [-0.15, -0.1) is 0 Å². The number of aliphatic hydroxyl groups excluding tert-OH is 1. The number of aromatic nitrogens is 1. The lowest BCUT2D eigenvalue weighted by molar-refractivity contribution is 0.0320. The molecule has 0 bridgehead atoms. The molecule has 1 aromatic rings. The number of hydrogen-bond acceptors (Lipinski definition) is 3. The fraction of sp³-hybridized carbons (Fsp3) is 0.583. The molecule has 0 spiro atoms. The quantitative estimate of drug-likeness (QED) is 0.803. The molecule has 1 aliphatic rings. The van der Waals surface area contributed by atoms with E-state index in [1.807, 2.05) is 12.1 Å². The molecule has 2 unspecified atom stereocenters. The van der Waals surface area contributed by atoms with Crippen LogP contribution >= 0.6 is 11.6 Å². The molecule has 2 heterocycles. The van der Waals surface area contributed by atoms with Crippen molar-refractivity contribution in [3.05, 3.63) is 29.0 Å². The summed E-state index contributed by atoms with van der Waals surface area (Å²) in [7, 11) is 0. The molecule has 88 valence electrons. The van der Waals surface area contributed by atoms with Gasteiger partial charge in [0.15, 0.2) is 0 Å². The summed E-state index contributed by atoms with van der Waals surface area (Å²) in [5.74, 6) is 0.337. The van der Waals surface area contributed by atoms with Crippen LogP contribution in [0.1, 0.15) is 18.9 Å². The molecule has 16 heavy (non-hydrogen) atoms. The number of halogens is 1. The lowest BCUT2D eigenvalue weighted by atomic mass is 9.96. The number of nitrogens with zero attached hydrogens (tertiary/aromatic N) is 2. The molecule has 1 aromatic heterocycles. The van der Waals surface area contributed by atoms with E-state index in [4.69, 9.17) is 11.6 Å². The lowest BCUT2D eigenvalue weighted by Gasteiger charge is -2.34. The van der Waals surface area contributed by atoms with Gasteiger partial charge in [-0.3, -0.25) is 4.90 Å². The molecule has 2 atom stereocenters. The maximum absolute atomic E-state index is 9.65. The largest absolute Gasteiger partial charge is 0.393 e. The van der Waals surface area contributed by atoms with E-state index < -0.39 is 0 Å². The Balaban J connectivity index is 1.98. The maximum atomic E-state index is 9.65. The zero-order chi connectivity index (χ0) is 11.5. The van der Waals surface area contributed by atoms with Crippen molar-refractivity contribution in [1.29, 1.82) is 0 Å². The highest BCUT2D eigenvalue weighted by Crippen LogP contribution is 2.20. The average Bonchev–Trinajstić information content (AvgIpc) is 2.27. The number of likely N-dealkylation sites (tertiary alicyclic amines) is 1. The molecule has 4 heteroatoms.